The summed E-state index contributed by atoms with van der Waals surface area (Å²) < 4.78 is 0. The number of nitrogens with zero attached hydrogens (tertiary/aromatic N) is 1. The minimum Gasteiger partial charge on any atom is -0.481 e. The second-order valence-corrected chi connectivity index (χ2v) is 5.36. The molecule has 4 nitrogen and oxygen atoms in total. The van der Waals surface area contributed by atoms with Crippen molar-refractivity contribution in [2.24, 2.45) is 0 Å². The number of carbonyl (C=O) groups is 2. The van der Waals surface area contributed by atoms with E-state index >= 15 is 0 Å². The number of rotatable bonds is 9. The van der Waals surface area contributed by atoms with E-state index in [2.05, 4.69) is 19.1 Å². The monoisotopic (exact) mass is 291 g/mol. The van der Waals surface area contributed by atoms with Gasteiger partial charge < -0.3 is 10.0 Å². The van der Waals surface area contributed by atoms with Crippen LogP contribution in [0.4, 0.5) is 0 Å². The Morgan fingerprint density at radius 3 is 2.33 bits per heavy atom. The molecule has 0 saturated heterocycles. The molecule has 0 aliphatic carbocycles. The van der Waals surface area contributed by atoms with Crippen molar-refractivity contribution in [3.05, 3.63) is 35.9 Å². The lowest BCUT2D eigenvalue weighted by Gasteiger charge is -2.27. The maximum absolute atomic E-state index is 12.2. The predicted molar refractivity (Wildman–Crippen MR) is 83.1 cm³/mol. The van der Waals surface area contributed by atoms with Crippen molar-refractivity contribution in [3.63, 3.8) is 0 Å². The number of hydrogen-bond donors (Lipinski definition) is 1. The van der Waals surface area contributed by atoms with Crippen LogP contribution < -0.4 is 0 Å². The van der Waals surface area contributed by atoms with Gasteiger partial charge in [-0.05, 0) is 31.2 Å². The number of likely N-dealkylation sites (N-methyl/N-ethyl adjacent to an activating group) is 1. The Morgan fingerprint density at radius 1 is 1.14 bits per heavy atom. The largest absolute Gasteiger partial charge is 0.481 e. The van der Waals surface area contributed by atoms with Crippen LogP contribution >= 0.6 is 0 Å². The molecule has 0 spiro atoms. The molecule has 1 unspecified atom stereocenters. The molecule has 1 rings (SSSR count). The molecule has 0 fully saturated rings. The number of benzene rings is 1. The minimum absolute atomic E-state index is 0.100. The highest BCUT2D eigenvalue weighted by Crippen LogP contribution is 2.13. The maximum atomic E-state index is 12.2. The lowest BCUT2D eigenvalue weighted by molar-refractivity contribution is -0.137. The molecule has 0 aromatic heterocycles. The Labute approximate surface area is 126 Å². The zero-order valence-corrected chi connectivity index (χ0v) is 12.9. The SMILES string of the molecule is CCC(Cc1ccccc1)N(C)C(=O)CCCCC(=O)O. The lowest BCUT2D eigenvalue weighted by atomic mass is 10.0. The van der Waals surface area contributed by atoms with Gasteiger partial charge in [-0.15, -0.1) is 0 Å². The second-order valence-electron chi connectivity index (χ2n) is 5.36. The maximum Gasteiger partial charge on any atom is 0.303 e. The van der Waals surface area contributed by atoms with Gasteiger partial charge in [0.1, 0.15) is 0 Å². The summed E-state index contributed by atoms with van der Waals surface area (Å²) in [6, 6.07) is 10.4. The summed E-state index contributed by atoms with van der Waals surface area (Å²) in [5.74, 6) is -0.700. The summed E-state index contributed by atoms with van der Waals surface area (Å²) in [6.07, 6.45) is 3.52. The van der Waals surface area contributed by atoms with Gasteiger partial charge in [-0.1, -0.05) is 37.3 Å². The highest BCUT2D eigenvalue weighted by atomic mass is 16.4. The van der Waals surface area contributed by atoms with Crippen molar-refractivity contribution >= 4 is 11.9 Å². The van der Waals surface area contributed by atoms with Gasteiger partial charge in [-0.25, -0.2) is 0 Å². The molecule has 0 radical (unpaired) electrons. The van der Waals surface area contributed by atoms with Crippen molar-refractivity contribution in [2.45, 2.75) is 51.5 Å². The average Bonchev–Trinajstić information content (AvgIpc) is 2.49. The van der Waals surface area contributed by atoms with Crippen molar-refractivity contribution in [1.29, 1.82) is 0 Å². The molecule has 1 amide bonds. The fourth-order valence-corrected chi connectivity index (χ4v) is 2.37. The Kier molecular flexibility index (Phi) is 7.51. The van der Waals surface area contributed by atoms with Gasteiger partial charge in [0.2, 0.25) is 5.91 Å². The van der Waals surface area contributed by atoms with Crippen LogP contribution in [0.25, 0.3) is 0 Å². The molecule has 0 saturated carbocycles. The van der Waals surface area contributed by atoms with Crippen LogP contribution in [0.1, 0.15) is 44.6 Å². The first-order valence-corrected chi connectivity index (χ1v) is 7.56. The van der Waals surface area contributed by atoms with Crippen LogP contribution in [0.15, 0.2) is 30.3 Å². The topological polar surface area (TPSA) is 57.6 Å². The average molecular weight is 291 g/mol. The van der Waals surface area contributed by atoms with Crippen molar-refractivity contribution in [3.8, 4) is 0 Å². The van der Waals surface area contributed by atoms with E-state index in [4.69, 9.17) is 5.11 Å². The molecule has 1 aromatic rings. The van der Waals surface area contributed by atoms with E-state index < -0.39 is 5.97 Å². The van der Waals surface area contributed by atoms with Gasteiger partial charge in [0.15, 0.2) is 0 Å². The number of carbonyl (C=O) groups excluding carboxylic acids is 1. The van der Waals surface area contributed by atoms with Crippen molar-refractivity contribution in [1.82, 2.24) is 4.90 Å². The van der Waals surface area contributed by atoms with E-state index in [0.717, 1.165) is 12.8 Å². The van der Waals surface area contributed by atoms with Gasteiger partial charge >= 0.3 is 5.97 Å². The Morgan fingerprint density at radius 2 is 1.76 bits per heavy atom. The van der Waals surface area contributed by atoms with E-state index in [1.54, 1.807) is 0 Å². The summed E-state index contributed by atoms with van der Waals surface area (Å²) in [7, 11) is 1.84. The third kappa shape index (κ3) is 6.43. The number of amides is 1. The fraction of sp³-hybridized carbons (Fsp3) is 0.529. The van der Waals surface area contributed by atoms with E-state index in [0.29, 0.717) is 19.3 Å². The predicted octanol–water partition coefficient (Wildman–Crippen LogP) is 3.11. The summed E-state index contributed by atoms with van der Waals surface area (Å²) in [4.78, 5) is 24.4. The molecule has 1 aromatic carbocycles. The molecule has 0 bridgehead atoms. The third-order valence-corrected chi connectivity index (χ3v) is 3.76. The molecule has 21 heavy (non-hydrogen) atoms. The Bertz CT molecular complexity index is 445. The molecular weight excluding hydrogens is 266 g/mol. The molecule has 0 aliphatic rings. The van der Waals surface area contributed by atoms with Gasteiger partial charge in [0, 0.05) is 25.9 Å². The highest BCUT2D eigenvalue weighted by molar-refractivity contribution is 5.76. The van der Waals surface area contributed by atoms with E-state index in [-0.39, 0.29) is 18.4 Å². The highest BCUT2D eigenvalue weighted by Gasteiger charge is 2.18. The van der Waals surface area contributed by atoms with Gasteiger partial charge in [-0.2, -0.15) is 0 Å². The fourth-order valence-electron chi connectivity index (χ4n) is 2.37. The van der Waals surface area contributed by atoms with E-state index in [1.807, 2.05) is 30.1 Å². The smallest absolute Gasteiger partial charge is 0.303 e. The van der Waals surface area contributed by atoms with Crippen LogP contribution in [0.5, 0.6) is 0 Å². The van der Waals surface area contributed by atoms with Gasteiger partial charge in [0.25, 0.3) is 0 Å². The lowest BCUT2D eigenvalue weighted by Crippen LogP contribution is -2.38. The van der Waals surface area contributed by atoms with Crippen LogP contribution in [0.3, 0.4) is 0 Å². The zero-order chi connectivity index (χ0) is 15.7. The Hall–Kier alpha value is -1.84. The molecular formula is C17H25NO3. The number of carboxylic acid groups (broad SMARTS) is 1. The molecule has 1 atom stereocenters. The molecule has 0 heterocycles. The number of aliphatic carboxylic acids is 1. The van der Waals surface area contributed by atoms with Crippen LogP contribution in [-0.4, -0.2) is 35.0 Å². The first-order chi connectivity index (χ1) is 10.0. The number of hydrogen-bond acceptors (Lipinski definition) is 2. The normalized spacial score (nSPS) is 11.9. The Balaban J connectivity index is 2.44. The van der Waals surface area contributed by atoms with Crippen molar-refractivity contribution < 1.29 is 14.7 Å². The number of carboxylic acids is 1. The first kappa shape index (κ1) is 17.2. The number of unbranched alkanes of at least 4 members (excludes halogenated alkanes) is 1. The summed E-state index contributed by atoms with van der Waals surface area (Å²) in [5.41, 5.74) is 1.23. The summed E-state index contributed by atoms with van der Waals surface area (Å²) >= 11 is 0. The molecule has 0 aliphatic heterocycles. The minimum atomic E-state index is -0.800. The molecule has 1 N–H and O–H groups in total. The van der Waals surface area contributed by atoms with Crippen LogP contribution in [0.2, 0.25) is 0 Å². The summed E-state index contributed by atoms with van der Waals surface area (Å²) in [5, 5.41) is 8.58. The van der Waals surface area contributed by atoms with E-state index in [9.17, 15) is 9.59 Å². The summed E-state index contributed by atoms with van der Waals surface area (Å²) in [6.45, 7) is 2.09. The van der Waals surface area contributed by atoms with Crippen LogP contribution in [-0.2, 0) is 16.0 Å². The third-order valence-electron chi connectivity index (χ3n) is 3.76. The first-order valence-electron chi connectivity index (χ1n) is 7.56. The standard InChI is InChI=1S/C17H25NO3/c1-3-15(13-14-9-5-4-6-10-14)18(2)16(19)11-7-8-12-17(20)21/h4-6,9-10,15H,3,7-8,11-13H2,1-2H3,(H,20,21). The van der Waals surface area contributed by atoms with Gasteiger partial charge in [-0.3, -0.25) is 9.59 Å². The molecule has 116 valence electrons. The van der Waals surface area contributed by atoms with Gasteiger partial charge in [0.05, 0.1) is 0 Å². The quantitative estimate of drug-likeness (QED) is 0.711. The van der Waals surface area contributed by atoms with Crippen LogP contribution in [0, 0.1) is 0 Å². The second kappa shape index (κ2) is 9.16. The molecule has 4 heteroatoms. The zero-order valence-electron chi connectivity index (χ0n) is 12.9. The van der Waals surface area contributed by atoms with E-state index in [1.165, 1.54) is 5.56 Å². The van der Waals surface area contributed by atoms with Crippen molar-refractivity contribution in [2.75, 3.05) is 7.05 Å².